The highest BCUT2D eigenvalue weighted by molar-refractivity contribution is 7.92. The third-order valence-corrected chi connectivity index (χ3v) is 3.62. The summed E-state index contributed by atoms with van der Waals surface area (Å²) in [5.74, 6) is -0.687. The number of benzene rings is 1. The van der Waals surface area contributed by atoms with Gasteiger partial charge in [-0.3, -0.25) is 4.72 Å². The Hall–Kier alpha value is -1.34. The molecule has 0 unspecified atom stereocenters. The summed E-state index contributed by atoms with van der Waals surface area (Å²) in [6.07, 6.45) is 0.766. The lowest BCUT2D eigenvalue weighted by Crippen LogP contribution is -2.17. The van der Waals surface area contributed by atoms with Crippen LogP contribution < -0.4 is 9.46 Å². The number of nitrogens with one attached hydrogen (secondary N) is 1. The standard InChI is InChI=1S/C11H16FNO4S/c1-17-11-5-4-9(8-10(11)12)13-18(15,16)7-3-2-6-14/h4-5,8,13-14H,2-3,6-7H2,1H3. The van der Waals surface area contributed by atoms with Crippen LogP contribution in [0.5, 0.6) is 5.75 Å². The molecular formula is C11H16FNO4S. The average molecular weight is 277 g/mol. The molecule has 1 aromatic carbocycles. The second kappa shape index (κ2) is 6.55. The minimum Gasteiger partial charge on any atom is -0.494 e. The molecule has 0 aliphatic rings. The number of unbranched alkanes of at least 4 members (excludes halogenated alkanes) is 1. The highest BCUT2D eigenvalue weighted by atomic mass is 32.2. The van der Waals surface area contributed by atoms with Crippen molar-refractivity contribution in [3.05, 3.63) is 24.0 Å². The maximum atomic E-state index is 13.3. The molecule has 0 saturated heterocycles. The Labute approximate surface area is 106 Å². The van der Waals surface area contributed by atoms with Gasteiger partial charge in [0.1, 0.15) is 0 Å². The molecule has 2 N–H and O–H groups in total. The van der Waals surface area contributed by atoms with Crippen molar-refractivity contribution >= 4 is 15.7 Å². The van der Waals surface area contributed by atoms with Crippen LogP contribution in [0.3, 0.4) is 0 Å². The zero-order valence-corrected chi connectivity index (χ0v) is 10.8. The molecule has 0 bridgehead atoms. The van der Waals surface area contributed by atoms with Crippen molar-refractivity contribution in [2.75, 3.05) is 24.2 Å². The highest BCUT2D eigenvalue weighted by Crippen LogP contribution is 2.21. The molecule has 5 nitrogen and oxygen atoms in total. The lowest BCUT2D eigenvalue weighted by molar-refractivity contribution is 0.287. The molecule has 0 atom stereocenters. The largest absolute Gasteiger partial charge is 0.494 e. The van der Waals surface area contributed by atoms with Crippen LogP contribution in [0.1, 0.15) is 12.8 Å². The van der Waals surface area contributed by atoms with E-state index in [0.29, 0.717) is 12.8 Å². The Morgan fingerprint density at radius 1 is 1.39 bits per heavy atom. The number of halogens is 1. The number of sulfonamides is 1. The zero-order valence-electron chi connectivity index (χ0n) is 10.0. The fraction of sp³-hybridized carbons (Fsp3) is 0.455. The van der Waals surface area contributed by atoms with Gasteiger partial charge in [-0.2, -0.15) is 0 Å². The Morgan fingerprint density at radius 3 is 2.67 bits per heavy atom. The Kier molecular flexibility index (Phi) is 5.36. The van der Waals surface area contributed by atoms with Crippen LogP contribution >= 0.6 is 0 Å². The molecule has 102 valence electrons. The number of rotatable bonds is 7. The number of ether oxygens (including phenoxy) is 1. The van der Waals surface area contributed by atoms with E-state index in [1.54, 1.807) is 0 Å². The van der Waals surface area contributed by atoms with Gasteiger partial charge < -0.3 is 9.84 Å². The lowest BCUT2D eigenvalue weighted by Gasteiger charge is -2.09. The predicted molar refractivity (Wildman–Crippen MR) is 66.7 cm³/mol. The third kappa shape index (κ3) is 4.50. The van der Waals surface area contributed by atoms with Gasteiger partial charge in [0.05, 0.1) is 18.6 Å². The van der Waals surface area contributed by atoms with Crippen LogP contribution in [0, 0.1) is 5.82 Å². The third-order valence-electron chi connectivity index (χ3n) is 2.25. The Bertz CT molecular complexity index is 490. The van der Waals surface area contributed by atoms with E-state index in [-0.39, 0.29) is 23.8 Å². The van der Waals surface area contributed by atoms with Gasteiger partial charge in [0, 0.05) is 12.7 Å². The second-order valence-corrected chi connectivity index (χ2v) is 5.54. The molecule has 0 aliphatic heterocycles. The average Bonchev–Trinajstić information content (AvgIpc) is 2.29. The molecule has 0 saturated carbocycles. The highest BCUT2D eigenvalue weighted by Gasteiger charge is 2.11. The van der Waals surface area contributed by atoms with Crippen LogP contribution in [0.2, 0.25) is 0 Å². The first-order valence-corrected chi connectivity index (χ1v) is 7.08. The van der Waals surface area contributed by atoms with E-state index >= 15 is 0 Å². The predicted octanol–water partition coefficient (Wildman–Crippen LogP) is 1.35. The number of hydrogen-bond acceptors (Lipinski definition) is 4. The quantitative estimate of drug-likeness (QED) is 0.738. The fourth-order valence-corrected chi connectivity index (χ4v) is 2.54. The molecule has 0 aromatic heterocycles. The van der Waals surface area contributed by atoms with Gasteiger partial charge in [0.2, 0.25) is 10.0 Å². The Morgan fingerprint density at radius 2 is 2.11 bits per heavy atom. The minimum atomic E-state index is -3.51. The lowest BCUT2D eigenvalue weighted by atomic mass is 10.3. The molecule has 0 fully saturated rings. The molecule has 0 aliphatic carbocycles. The van der Waals surface area contributed by atoms with Crippen molar-refractivity contribution in [1.29, 1.82) is 0 Å². The first-order chi connectivity index (χ1) is 8.48. The Balaban J connectivity index is 2.69. The van der Waals surface area contributed by atoms with Crippen LogP contribution in [0.15, 0.2) is 18.2 Å². The molecular weight excluding hydrogens is 261 g/mol. The first kappa shape index (κ1) is 14.7. The van der Waals surface area contributed by atoms with Gasteiger partial charge in [-0.05, 0) is 25.0 Å². The van der Waals surface area contributed by atoms with E-state index < -0.39 is 15.8 Å². The first-order valence-electron chi connectivity index (χ1n) is 5.43. The maximum absolute atomic E-state index is 13.3. The maximum Gasteiger partial charge on any atom is 0.232 e. The fourth-order valence-electron chi connectivity index (χ4n) is 1.36. The molecule has 0 amide bonds. The summed E-state index contributed by atoms with van der Waals surface area (Å²) in [4.78, 5) is 0. The number of methoxy groups -OCH3 is 1. The summed E-state index contributed by atoms with van der Waals surface area (Å²) >= 11 is 0. The summed E-state index contributed by atoms with van der Waals surface area (Å²) in [6.45, 7) is -0.0489. The number of hydrogen-bond donors (Lipinski definition) is 2. The van der Waals surface area contributed by atoms with E-state index in [0.717, 1.165) is 6.07 Å². The topological polar surface area (TPSA) is 75.6 Å². The van der Waals surface area contributed by atoms with Crippen molar-refractivity contribution in [1.82, 2.24) is 0 Å². The van der Waals surface area contributed by atoms with E-state index in [9.17, 15) is 12.8 Å². The van der Waals surface area contributed by atoms with Crippen molar-refractivity contribution < 1.29 is 22.7 Å². The van der Waals surface area contributed by atoms with Gasteiger partial charge >= 0.3 is 0 Å². The molecule has 0 heterocycles. The normalized spacial score (nSPS) is 11.3. The van der Waals surface area contributed by atoms with E-state index in [1.165, 1.54) is 19.2 Å². The molecule has 0 radical (unpaired) electrons. The van der Waals surface area contributed by atoms with Gasteiger partial charge in [0.15, 0.2) is 11.6 Å². The van der Waals surface area contributed by atoms with Crippen LogP contribution in [-0.4, -0.2) is 33.0 Å². The second-order valence-electron chi connectivity index (χ2n) is 3.70. The molecule has 0 spiro atoms. The molecule has 7 heteroatoms. The van der Waals surface area contributed by atoms with Crippen molar-refractivity contribution in [2.45, 2.75) is 12.8 Å². The molecule has 1 rings (SSSR count). The number of anilines is 1. The van der Waals surface area contributed by atoms with Crippen LogP contribution in [0.4, 0.5) is 10.1 Å². The summed E-state index contributed by atoms with van der Waals surface area (Å²) in [5, 5.41) is 8.57. The SMILES string of the molecule is COc1ccc(NS(=O)(=O)CCCCO)cc1F. The van der Waals surface area contributed by atoms with E-state index in [4.69, 9.17) is 9.84 Å². The van der Waals surface area contributed by atoms with Gasteiger partial charge in [-0.15, -0.1) is 0 Å². The number of aliphatic hydroxyl groups is 1. The molecule has 1 aromatic rings. The van der Waals surface area contributed by atoms with Crippen molar-refractivity contribution in [2.24, 2.45) is 0 Å². The van der Waals surface area contributed by atoms with E-state index in [2.05, 4.69) is 4.72 Å². The summed E-state index contributed by atoms with van der Waals surface area (Å²) in [7, 11) is -2.18. The zero-order chi connectivity index (χ0) is 13.6. The van der Waals surface area contributed by atoms with Crippen molar-refractivity contribution in [3.63, 3.8) is 0 Å². The number of aliphatic hydroxyl groups excluding tert-OH is 1. The van der Waals surface area contributed by atoms with Gasteiger partial charge in [-0.1, -0.05) is 0 Å². The van der Waals surface area contributed by atoms with Crippen LogP contribution in [0.25, 0.3) is 0 Å². The summed E-state index contributed by atoms with van der Waals surface area (Å²) in [6, 6.07) is 3.83. The summed E-state index contributed by atoms with van der Waals surface area (Å²) < 4.78 is 43.5. The van der Waals surface area contributed by atoms with Gasteiger partial charge in [-0.25, -0.2) is 12.8 Å². The molecule has 18 heavy (non-hydrogen) atoms. The monoisotopic (exact) mass is 277 g/mol. The van der Waals surface area contributed by atoms with Crippen LogP contribution in [-0.2, 0) is 10.0 Å². The van der Waals surface area contributed by atoms with Crippen molar-refractivity contribution in [3.8, 4) is 5.75 Å². The minimum absolute atomic E-state index is 0.0489. The van der Waals surface area contributed by atoms with Gasteiger partial charge in [0.25, 0.3) is 0 Å². The smallest absolute Gasteiger partial charge is 0.232 e. The van der Waals surface area contributed by atoms with E-state index in [1.807, 2.05) is 0 Å². The summed E-state index contributed by atoms with van der Waals surface area (Å²) in [5.41, 5.74) is 0.150.